The fraction of sp³-hybridized carbons (Fsp3) is 0.235. The molecule has 1 aromatic carbocycles. The summed E-state index contributed by atoms with van der Waals surface area (Å²) in [5, 5.41) is 5.18. The predicted molar refractivity (Wildman–Crippen MR) is 84.6 cm³/mol. The molecule has 0 bridgehead atoms. The zero-order chi connectivity index (χ0) is 15.3. The maximum absolute atomic E-state index is 12.5. The van der Waals surface area contributed by atoms with Gasteiger partial charge in [0, 0.05) is 23.7 Å². The van der Waals surface area contributed by atoms with Crippen molar-refractivity contribution >= 4 is 23.0 Å². The SMILES string of the molecule is Cc1cc2ncc3c(n2n1)CC(c1cccc(Cl)c1)CC3=O. The van der Waals surface area contributed by atoms with Crippen LogP contribution in [0, 0.1) is 6.92 Å². The Morgan fingerprint density at radius 3 is 2.95 bits per heavy atom. The van der Waals surface area contributed by atoms with Crippen molar-refractivity contribution in [1.29, 1.82) is 0 Å². The number of benzene rings is 1. The lowest BCUT2D eigenvalue weighted by molar-refractivity contribution is 0.0962. The highest BCUT2D eigenvalue weighted by Gasteiger charge is 2.29. The summed E-state index contributed by atoms with van der Waals surface area (Å²) in [6, 6.07) is 9.67. The van der Waals surface area contributed by atoms with Gasteiger partial charge in [0.25, 0.3) is 0 Å². The number of nitrogens with zero attached hydrogens (tertiary/aromatic N) is 3. The summed E-state index contributed by atoms with van der Waals surface area (Å²) in [5.74, 6) is 0.252. The van der Waals surface area contributed by atoms with Crippen molar-refractivity contribution < 1.29 is 4.79 Å². The maximum atomic E-state index is 12.5. The first-order valence-corrected chi connectivity index (χ1v) is 7.62. The standard InChI is InChI=1S/C17H14ClN3O/c1-10-5-17-19-9-14-15(21(17)20-10)7-12(8-16(14)22)11-3-2-4-13(18)6-11/h2-6,9,12H,7-8H2,1H3. The van der Waals surface area contributed by atoms with Gasteiger partial charge in [0.15, 0.2) is 11.4 Å². The van der Waals surface area contributed by atoms with E-state index in [1.807, 2.05) is 37.3 Å². The third-order valence-electron chi connectivity index (χ3n) is 4.20. The van der Waals surface area contributed by atoms with Crippen molar-refractivity contribution in [3.63, 3.8) is 0 Å². The van der Waals surface area contributed by atoms with Gasteiger partial charge >= 0.3 is 0 Å². The molecule has 4 rings (SSSR count). The second kappa shape index (κ2) is 4.92. The number of halogens is 1. The molecule has 110 valence electrons. The van der Waals surface area contributed by atoms with Crippen LogP contribution in [0.3, 0.4) is 0 Å². The Labute approximate surface area is 132 Å². The largest absolute Gasteiger partial charge is 0.294 e. The van der Waals surface area contributed by atoms with Crippen LogP contribution in [0.25, 0.3) is 5.65 Å². The van der Waals surface area contributed by atoms with E-state index in [2.05, 4.69) is 10.1 Å². The maximum Gasteiger partial charge on any atom is 0.166 e. The van der Waals surface area contributed by atoms with Crippen molar-refractivity contribution in [2.45, 2.75) is 25.7 Å². The highest BCUT2D eigenvalue weighted by atomic mass is 35.5. The van der Waals surface area contributed by atoms with Gasteiger partial charge in [-0.25, -0.2) is 9.50 Å². The first-order valence-electron chi connectivity index (χ1n) is 7.25. The highest BCUT2D eigenvalue weighted by molar-refractivity contribution is 6.30. The Bertz CT molecular complexity index is 900. The van der Waals surface area contributed by atoms with E-state index in [0.29, 0.717) is 17.0 Å². The number of hydrogen-bond donors (Lipinski definition) is 0. The smallest absolute Gasteiger partial charge is 0.166 e. The summed E-state index contributed by atoms with van der Waals surface area (Å²) in [4.78, 5) is 16.8. The molecular formula is C17H14ClN3O. The minimum absolute atomic E-state index is 0.119. The van der Waals surface area contributed by atoms with Crippen LogP contribution in [0.2, 0.25) is 5.02 Å². The van der Waals surface area contributed by atoms with E-state index in [-0.39, 0.29) is 11.7 Å². The number of carbonyl (C=O) groups excluding carboxylic acids is 1. The molecule has 0 saturated heterocycles. The molecule has 2 aromatic heterocycles. The second-order valence-corrected chi connectivity index (χ2v) is 6.19. The fourth-order valence-electron chi connectivity index (χ4n) is 3.16. The summed E-state index contributed by atoms with van der Waals surface area (Å²) in [7, 11) is 0. The topological polar surface area (TPSA) is 47.3 Å². The van der Waals surface area contributed by atoms with Gasteiger partial charge in [-0.15, -0.1) is 0 Å². The van der Waals surface area contributed by atoms with Crippen LogP contribution in [-0.4, -0.2) is 20.4 Å². The zero-order valence-electron chi connectivity index (χ0n) is 12.1. The lowest BCUT2D eigenvalue weighted by atomic mass is 9.82. The molecule has 0 N–H and O–H groups in total. The fourth-order valence-corrected chi connectivity index (χ4v) is 3.36. The number of fused-ring (bicyclic) bond motifs is 3. The molecule has 4 nitrogen and oxygen atoms in total. The van der Waals surface area contributed by atoms with Crippen LogP contribution in [0.5, 0.6) is 0 Å². The number of hydrogen-bond acceptors (Lipinski definition) is 3. The van der Waals surface area contributed by atoms with Crippen molar-refractivity contribution in [2.75, 3.05) is 0 Å². The van der Waals surface area contributed by atoms with Gasteiger partial charge in [0.05, 0.1) is 17.0 Å². The molecule has 0 radical (unpaired) electrons. The molecule has 3 aromatic rings. The van der Waals surface area contributed by atoms with E-state index in [0.717, 1.165) is 29.0 Å². The van der Waals surface area contributed by atoms with Gasteiger partial charge in [0.2, 0.25) is 0 Å². The third-order valence-corrected chi connectivity index (χ3v) is 4.43. The van der Waals surface area contributed by atoms with E-state index in [1.165, 1.54) is 0 Å². The Morgan fingerprint density at radius 1 is 1.27 bits per heavy atom. The van der Waals surface area contributed by atoms with E-state index in [9.17, 15) is 4.79 Å². The number of carbonyl (C=O) groups is 1. The summed E-state index contributed by atoms with van der Waals surface area (Å²) >= 11 is 6.09. The summed E-state index contributed by atoms with van der Waals surface area (Å²) in [5.41, 5.74) is 4.42. The van der Waals surface area contributed by atoms with Crippen LogP contribution in [0.1, 0.15) is 39.6 Å². The van der Waals surface area contributed by atoms with Gasteiger partial charge in [0.1, 0.15) is 0 Å². The molecule has 0 saturated carbocycles. The van der Waals surface area contributed by atoms with Crippen molar-refractivity contribution in [3.05, 3.63) is 64.1 Å². The molecule has 0 aliphatic heterocycles. The number of Topliss-reactive ketones (excluding diaryl/α,β-unsaturated/α-hetero) is 1. The molecule has 1 atom stereocenters. The molecule has 5 heteroatoms. The molecule has 0 fully saturated rings. The van der Waals surface area contributed by atoms with Gasteiger partial charge in [-0.3, -0.25) is 4.79 Å². The number of rotatable bonds is 1. The lowest BCUT2D eigenvalue weighted by Gasteiger charge is -2.24. The predicted octanol–water partition coefficient (Wildman–Crippen LogP) is 3.60. The minimum atomic E-state index is 0.119. The average Bonchev–Trinajstić information content (AvgIpc) is 2.88. The summed E-state index contributed by atoms with van der Waals surface area (Å²) in [6.07, 6.45) is 2.94. The van der Waals surface area contributed by atoms with Crippen LogP contribution in [0.4, 0.5) is 0 Å². The molecule has 0 amide bonds. The Morgan fingerprint density at radius 2 is 2.14 bits per heavy atom. The molecule has 1 aliphatic rings. The van der Waals surface area contributed by atoms with E-state index in [4.69, 9.17) is 11.6 Å². The third kappa shape index (κ3) is 2.11. The molecule has 1 unspecified atom stereocenters. The van der Waals surface area contributed by atoms with Gasteiger partial charge in [-0.2, -0.15) is 5.10 Å². The Hall–Kier alpha value is -2.20. The van der Waals surface area contributed by atoms with Crippen LogP contribution < -0.4 is 0 Å². The lowest BCUT2D eigenvalue weighted by Crippen LogP contribution is -2.22. The Balaban J connectivity index is 1.84. The first-order chi connectivity index (χ1) is 10.6. The minimum Gasteiger partial charge on any atom is -0.294 e. The summed E-state index contributed by atoms with van der Waals surface area (Å²) in [6.45, 7) is 1.93. The molecular weight excluding hydrogens is 298 g/mol. The quantitative estimate of drug-likeness (QED) is 0.690. The highest BCUT2D eigenvalue weighted by Crippen LogP contribution is 2.33. The zero-order valence-corrected chi connectivity index (χ0v) is 12.8. The van der Waals surface area contributed by atoms with Gasteiger partial charge < -0.3 is 0 Å². The van der Waals surface area contributed by atoms with Crippen molar-refractivity contribution in [1.82, 2.24) is 14.6 Å². The van der Waals surface area contributed by atoms with Crippen LogP contribution in [-0.2, 0) is 6.42 Å². The Kier molecular flexibility index (Phi) is 3.01. The van der Waals surface area contributed by atoms with E-state index < -0.39 is 0 Å². The number of ketones is 1. The first kappa shape index (κ1) is 13.5. The van der Waals surface area contributed by atoms with E-state index in [1.54, 1.807) is 10.7 Å². The number of aryl methyl sites for hydroxylation is 1. The summed E-state index contributed by atoms with van der Waals surface area (Å²) < 4.78 is 1.80. The molecule has 0 spiro atoms. The molecule has 2 heterocycles. The molecule has 22 heavy (non-hydrogen) atoms. The normalized spacial score (nSPS) is 17.7. The molecule has 1 aliphatic carbocycles. The van der Waals surface area contributed by atoms with Gasteiger partial charge in [-0.05, 0) is 37.0 Å². The van der Waals surface area contributed by atoms with Crippen molar-refractivity contribution in [3.8, 4) is 0 Å². The van der Waals surface area contributed by atoms with Gasteiger partial charge in [-0.1, -0.05) is 23.7 Å². The monoisotopic (exact) mass is 311 g/mol. The van der Waals surface area contributed by atoms with Crippen LogP contribution >= 0.6 is 11.6 Å². The number of aromatic nitrogens is 3. The van der Waals surface area contributed by atoms with Crippen molar-refractivity contribution in [2.24, 2.45) is 0 Å². The second-order valence-electron chi connectivity index (χ2n) is 5.76. The van der Waals surface area contributed by atoms with E-state index >= 15 is 0 Å². The average molecular weight is 312 g/mol. The van der Waals surface area contributed by atoms with Crippen LogP contribution in [0.15, 0.2) is 36.5 Å².